The molecule has 0 radical (unpaired) electrons. The molecule has 1 atom stereocenters. The molecular formula is C27H38N7S+. The van der Waals surface area contributed by atoms with Gasteiger partial charge in [-0.2, -0.15) is 0 Å². The number of anilines is 2. The highest BCUT2D eigenvalue weighted by molar-refractivity contribution is 7.99. The van der Waals surface area contributed by atoms with Gasteiger partial charge in [-0.25, -0.2) is 10.1 Å². The molecule has 0 aromatic carbocycles. The summed E-state index contributed by atoms with van der Waals surface area (Å²) in [6.45, 7) is 14.7. The molecule has 4 rings (SSSR count). The van der Waals surface area contributed by atoms with E-state index in [1.165, 1.54) is 0 Å². The van der Waals surface area contributed by atoms with E-state index in [2.05, 4.69) is 59.8 Å². The minimum absolute atomic E-state index is 0.0164. The van der Waals surface area contributed by atoms with Crippen LogP contribution in [0, 0.1) is 12.8 Å². The molecule has 186 valence electrons. The Morgan fingerprint density at radius 3 is 2.83 bits per heavy atom. The fraction of sp³-hybridized carbons (Fsp3) is 0.444. The molecule has 3 aromatic heterocycles. The molecule has 1 aliphatic heterocycles. The number of rotatable bonds is 10. The van der Waals surface area contributed by atoms with Crippen LogP contribution < -0.4 is 20.6 Å². The van der Waals surface area contributed by atoms with Gasteiger partial charge in [0, 0.05) is 36.5 Å². The van der Waals surface area contributed by atoms with Crippen LogP contribution in [0.1, 0.15) is 51.3 Å². The molecule has 1 fully saturated rings. The van der Waals surface area contributed by atoms with Crippen LogP contribution in [-0.4, -0.2) is 39.4 Å². The van der Waals surface area contributed by atoms with Gasteiger partial charge in [-0.15, -0.1) is 16.4 Å². The Balaban J connectivity index is 1.43. The smallest absolute Gasteiger partial charge is 0.348 e. The molecule has 0 bridgehead atoms. The zero-order valence-corrected chi connectivity index (χ0v) is 22.2. The van der Waals surface area contributed by atoms with E-state index in [0.717, 1.165) is 71.8 Å². The molecule has 1 aliphatic rings. The lowest BCUT2D eigenvalue weighted by Gasteiger charge is -2.31. The van der Waals surface area contributed by atoms with Crippen LogP contribution in [0.2, 0.25) is 0 Å². The van der Waals surface area contributed by atoms with Gasteiger partial charge in [-0.05, 0) is 74.9 Å². The van der Waals surface area contributed by atoms with Crippen molar-refractivity contribution in [3.05, 3.63) is 60.4 Å². The highest BCUT2D eigenvalue weighted by atomic mass is 32.2. The van der Waals surface area contributed by atoms with Gasteiger partial charge in [0.05, 0.1) is 16.3 Å². The van der Waals surface area contributed by atoms with E-state index in [1.807, 2.05) is 42.1 Å². The van der Waals surface area contributed by atoms with E-state index in [0.29, 0.717) is 11.6 Å². The molecule has 0 unspecified atom stereocenters. The molecule has 4 heterocycles. The lowest BCUT2D eigenvalue weighted by molar-refractivity contribution is -0.659. The van der Waals surface area contributed by atoms with Crippen molar-refractivity contribution in [2.24, 2.45) is 11.7 Å². The third-order valence-electron chi connectivity index (χ3n) is 6.55. The minimum Gasteiger partial charge on any atom is -0.399 e. The van der Waals surface area contributed by atoms with Gasteiger partial charge in [0.2, 0.25) is 0 Å². The number of hydrogen-bond acceptors (Lipinski definition) is 6. The molecule has 8 heteroatoms. The van der Waals surface area contributed by atoms with Crippen molar-refractivity contribution >= 4 is 29.1 Å². The van der Waals surface area contributed by atoms with Crippen LogP contribution in [0.5, 0.6) is 0 Å². The zero-order valence-electron chi connectivity index (χ0n) is 21.3. The molecule has 35 heavy (non-hydrogen) atoms. The summed E-state index contributed by atoms with van der Waals surface area (Å²) in [5.74, 6) is 4.34. The lowest BCUT2D eigenvalue weighted by Crippen LogP contribution is -2.41. The normalized spacial score (nSPS) is 17.0. The molecule has 0 aliphatic carbocycles. The zero-order chi connectivity index (χ0) is 25.0. The van der Waals surface area contributed by atoms with E-state index >= 15 is 0 Å². The standard InChI is InChI=1S/C27H37N7S/c1-6-35-25-11-7-10-23(30-25)29-15-8-9-21-17-27(4,5)33(18-21)26-22(20(3)28)12-13-24(31-26)34-16-14-19(2)32-34/h7,10-14,16,21H,3,6,8-9,15,17-18,28H2,1-2,4-5H3,(H,29,30)/p+1/t21-/m0/s1. The Labute approximate surface area is 213 Å². The highest BCUT2D eigenvalue weighted by Crippen LogP contribution is 2.40. The summed E-state index contributed by atoms with van der Waals surface area (Å²) >= 11 is 1.77. The highest BCUT2D eigenvalue weighted by Gasteiger charge is 2.41. The summed E-state index contributed by atoms with van der Waals surface area (Å²) in [6.07, 6.45) is 5.36. The molecule has 4 N–H and O–H groups in total. The second-order valence-corrected chi connectivity index (χ2v) is 11.2. The quantitative estimate of drug-likeness (QED) is 0.211. The van der Waals surface area contributed by atoms with Gasteiger partial charge >= 0.3 is 5.82 Å². The molecule has 1 saturated heterocycles. The van der Waals surface area contributed by atoms with Crippen LogP contribution in [0.3, 0.4) is 0 Å². The second kappa shape index (κ2) is 10.7. The Morgan fingerprint density at radius 1 is 1.29 bits per heavy atom. The second-order valence-electron chi connectivity index (χ2n) is 9.90. The minimum atomic E-state index is -0.0164. The predicted molar refractivity (Wildman–Crippen MR) is 146 cm³/mol. The maximum atomic E-state index is 6.19. The summed E-state index contributed by atoms with van der Waals surface area (Å²) < 4.78 is 1.94. The first-order chi connectivity index (χ1) is 16.8. The molecule has 0 amide bonds. The van der Waals surface area contributed by atoms with Crippen molar-refractivity contribution in [2.45, 2.75) is 57.5 Å². The summed E-state index contributed by atoms with van der Waals surface area (Å²) in [6, 6.07) is 12.2. The van der Waals surface area contributed by atoms with Crippen LogP contribution in [-0.2, 0) is 0 Å². The number of nitrogens with one attached hydrogen (secondary N) is 2. The average molecular weight is 493 g/mol. The van der Waals surface area contributed by atoms with Crippen molar-refractivity contribution in [1.82, 2.24) is 15.1 Å². The first kappa shape index (κ1) is 25.1. The number of nitrogens with zero attached hydrogens (tertiary/aromatic N) is 4. The van der Waals surface area contributed by atoms with Gasteiger partial charge in [0.25, 0.3) is 5.82 Å². The fourth-order valence-electron chi connectivity index (χ4n) is 4.92. The Hall–Kier alpha value is -3.00. The number of aryl methyl sites for hydroxylation is 1. The molecule has 3 aromatic rings. The summed E-state index contributed by atoms with van der Waals surface area (Å²) in [4.78, 5) is 12.1. The van der Waals surface area contributed by atoms with E-state index in [9.17, 15) is 0 Å². The van der Waals surface area contributed by atoms with E-state index in [-0.39, 0.29) is 5.54 Å². The maximum absolute atomic E-state index is 6.19. The third-order valence-corrected chi connectivity index (χ3v) is 7.36. The van der Waals surface area contributed by atoms with Gasteiger partial charge < -0.3 is 16.0 Å². The number of pyridine rings is 2. The molecule has 0 saturated carbocycles. The van der Waals surface area contributed by atoms with Crippen molar-refractivity contribution in [2.75, 3.05) is 29.1 Å². The fourth-order valence-corrected chi connectivity index (χ4v) is 5.55. The Kier molecular flexibility index (Phi) is 7.69. The first-order valence-corrected chi connectivity index (χ1v) is 13.4. The molecule has 0 spiro atoms. The van der Waals surface area contributed by atoms with Crippen molar-refractivity contribution < 1.29 is 4.68 Å². The third kappa shape index (κ3) is 5.99. The van der Waals surface area contributed by atoms with Gasteiger partial charge in [-0.1, -0.05) is 19.6 Å². The summed E-state index contributed by atoms with van der Waals surface area (Å²) in [7, 11) is 0. The SMILES string of the molecule is C=C(N)c1ccc(-[n+]2ccc(C)[nH]2)nc1N1C[C@@H](CCCNc2cccc(SCC)n2)CC1(C)C. The van der Waals surface area contributed by atoms with Crippen LogP contribution >= 0.6 is 11.8 Å². The van der Waals surface area contributed by atoms with Crippen molar-refractivity contribution in [1.29, 1.82) is 0 Å². The summed E-state index contributed by atoms with van der Waals surface area (Å²) in [5, 5.41) is 7.89. The van der Waals surface area contributed by atoms with Crippen molar-refractivity contribution in [3.8, 4) is 5.82 Å². The first-order valence-electron chi connectivity index (χ1n) is 12.4. The van der Waals surface area contributed by atoms with Crippen LogP contribution in [0.25, 0.3) is 11.5 Å². The van der Waals surface area contributed by atoms with E-state index in [1.54, 1.807) is 11.8 Å². The average Bonchev–Trinajstić information content (AvgIpc) is 3.39. The van der Waals surface area contributed by atoms with E-state index < -0.39 is 0 Å². The maximum Gasteiger partial charge on any atom is 0.348 e. The topological polar surface area (TPSA) is 86.7 Å². The number of aromatic amines is 1. The molecular weight excluding hydrogens is 454 g/mol. The van der Waals surface area contributed by atoms with Gasteiger partial charge in [-0.3, -0.25) is 0 Å². The lowest BCUT2D eigenvalue weighted by atomic mass is 9.93. The van der Waals surface area contributed by atoms with Crippen molar-refractivity contribution in [3.63, 3.8) is 0 Å². The van der Waals surface area contributed by atoms with Crippen LogP contribution in [0.4, 0.5) is 11.6 Å². The molecule has 7 nitrogen and oxygen atoms in total. The Bertz CT molecular complexity index is 1170. The Morgan fingerprint density at radius 2 is 2.11 bits per heavy atom. The van der Waals surface area contributed by atoms with Gasteiger partial charge in [0.1, 0.15) is 12.0 Å². The van der Waals surface area contributed by atoms with Gasteiger partial charge in [0.15, 0.2) is 0 Å². The predicted octanol–water partition coefficient (Wildman–Crippen LogP) is 4.93. The number of thioether (sulfide) groups is 1. The monoisotopic (exact) mass is 492 g/mol. The number of H-pyrrole nitrogens is 1. The number of hydrogen-bond donors (Lipinski definition) is 3. The number of aromatic nitrogens is 4. The largest absolute Gasteiger partial charge is 0.399 e. The number of nitrogens with two attached hydrogens (primary N) is 1. The van der Waals surface area contributed by atoms with Crippen LogP contribution in [0.15, 0.2) is 54.2 Å². The van der Waals surface area contributed by atoms with E-state index in [4.69, 9.17) is 10.7 Å². The summed E-state index contributed by atoms with van der Waals surface area (Å²) in [5.41, 5.74) is 8.71.